The summed E-state index contributed by atoms with van der Waals surface area (Å²) < 4.78 is 14.1. The minimum atomic E-state index is -1.17. The Bertz CT molecular complexity index is 953. The summed E-state index contributed by atoms with van der Waals surface area (Å²) in [5.41, 5.74) is 1.54. The molecule has 1 saturated heterocycles. The number of likely N-dealkylation sites (tertiary alicyclic amines) is 1. The number of carbonyl (C=O) groups excluding carboxylic acids is 1. The molecule has 0 spiro atoms. The largest absolute Gasteiger partial charge is 0.379 e. The molecule has 2 aliphatic heterocycles. The van der Waals surface area contributed by atoms with Gasteiger partial charge in [0.1, 0.15) is 5.82 Å². The topological polar surface area (TPSA) is 53.9 Å². The Morgan fingerprint density at radius 2 is 2.00 bits per heavy atom. The van der Waals surface area contributed by atoms with E-state index in [4.69, 9.17) is 4.84 Å². The highest BCUT2D eigenvalue weighted by Crippen LogP contribution is 2.29. The summed E-state index contributed by atoms with van der Waals surface area (Å²) >= 11 is 0. The summed E-state index contributed by atoms with van der Waals surface area (Å²) in [7, 11) is 0. The summed E-state index contributed by atoms with van der Waals surface area (Å²) in [5, 5.41) is 6.94. The molecule has 0 bridgehead atoms. The van der Waals surface area contributed by atoms with Crippen molar-refractivity contribution in [1.29, 1.82) is 0 Å². The second-order valence-corrected chi connectivity index (χ2v) is 8.63. The first kappa shape index (κ1) is 20.5. The molecular formula is C24H28FN3O2. The van der Waals surface area contributed by atoms with E-state index >= 15 is 0 Å². The van der Waals surface area contributed by atoms with Gasteiger partial charge in [0.05, 0.1) is 5.71 Å². The van der Waals surface area contributed by atoms with Gasteiger partial charge in [-0.2, -0.15) is 0 Å². The van der Waals surface area contributed by atoms with Gasteiger partial charge in [-0.1, -0.05) is 42.4 Å². The molecule has 2 aromatic rings. The molecule has 30 heavy (non-hydrogen) atoms. The molecule has 2 heterocycles. The molecule has 0 aromatic heterocycles. The van der Waals surface area contributed by atoms with Crippen LogP contribution in [-0.4, -0.2) is 35.2 Å². The molecule has 4 rings (SSSR count). The van der Waals surface area contributed by atoms with Gasteiger partial charge in [-0.25, -0.2) is 4.39 Å². The monoisotopic (exact) mass is 409 g/mol. The van der Waals surface area contributed by atoms with Crippen molar-refractivity contribution >= 4 is 17.3 Å². The zero-order valence-electron chi connectivity index (χ0n) is 17.5. The zero-order chi connectivity index (χ0) is 21.1. The number of anilines is 1. The first-order chi connectivity index (χ1) is 14.4. The minimum absolute atomic E-state index is 0.214. The van der Waals surface area contributed by atoms with E-state index in [1.807, 2.05) is 18.2 Å². The van der Waals surface area contributed by atoms with E-state index < -0.39 is 5.60 Å². The number of piperidine rings is 1. The Kier molecular flexibility index (Phi) is 5.86. The van der Waals surface area contributed by atoms with Gasteiger partial charge in [0, 0.05) is 24.2 Å². The number of rotatable bonds is 5. The molecule has 158 valence electrons. The third kappa shape index (κ3) is 4.54. The van der Waals surface area contributed by atoms with Gasteiger partial charge in [-0.05, 0) is 62.5 Å². The normalized spacial score (nSPS) is 22.4. The fourth-order valence-corrected chi connectivity index (χ4v) is 3.99. The maximum Gasteiger partial charge on any atom is 0.271 e. The fraction of sp³-hybridized carbons (Fsp3) is 0.417. The first-order valence-electron chi connectivity index (χ1n) is 10.6. The number of benzene rings is 2. The van der Waals surface area contributed by atoms with E-state index in [-0.39, 0.29) is 18.1 Å². The standard InChI is InChI=1S/C24H28FN3O2/c1-17-10-12-28(13-11-17)16-18-6-5-7-19(14-18)26-23(29)24(2)15-22(27-30-24)20-8-3-4-9-21(20)25/h3-9,14,17H,10-13,15-16H2,1-2H3,(H,26,29)/t24-/m0/s1. The Hall–Kier alpha value is -2.73. The number of carbonyl (C=O) groups is 1. The minimum Gasteiger partial charge on any atom is -0.379 e. The summed E-state index contributed by atoms with van der Waals surface area (Å²) in [4.78, 5) is 20.8. The van der Waals surface area contributed by atoms with Crippen molar-refractivity contribution in [2.45, 2.75) is 45.3 Å². The predicted octanol–water partition coefficient (Wildman–Crippen LogP) is 4.58. The number of amides is 1. The molecule has 2 aromatic carbocycles. The van der Waals surface area contributed by atoms with Gasteiger partial charge in [-0.3, -0.25) is 9.69 Å². The lowest BCUT2D eigenvalue weighted by Crippen LogP contribution is -2.40. The van der Waals surface area contributed by atoms with Gasteiger partial charge in [0.15, 0.2) is 0 Å². The van der Waals surface area contributed by atoms with Crippen LogP contribution in [0.4, 0.5) is 10.1 Å². The summed E-state index contributed by atoms with van der Waals surface area (Å²) in [6.45, 7) is 7.09. The van der Waals surface area contributed by atoms with Crippen molar-refractivity contribution in [1.82, 2.24) is 4.90 Å². The lowest BCUT2D eigenvalue weighted by atomic mass is 9.94. The molecule has 1 N–H and O–H groups in total. The maximum atomic E-state index is 14.1. The molecule has 1 fully saturated rings. The molecule has 2 aliphatic rings. The maximum absolute atomic E-state index is 14.1. The average molecular weight is 410 g/mol. The number of oxime groups is 1. The SMILES string of the molecule is CC1CCN(Cc2cccc(NC(=O)[C@]3(C)CC(c4ccccc4F)=NO3)c2)CC1. The number of hydrogen-bond acceptors (Lipinski definition) is 4. The molecule has 5 nitrogen and oxygen atoms in total. The molecule has 0 saturated carbocycles. The Morgan fingerprint density at radius 1 is 1.23 bits per heavy atom. The van der Waals surface area contributed by atoms with Gasteiger partial charge < -0.3 is 10.2 Å². The van der Waals surface area contributed by atoms with Crippen LogP contribution in [0.5, 0.6) is 0 Å². The van der Waals surface area contributed by atoms with Crippen molar-refractivity contribution in [2.75, 3.05) is 18.4 Å². The van der Waals surface area contributed by atoms with Crippen LogP contribution in [0.15, 0.2) is 53.7 Å². The van der Waals surface area contributed by atoms with Gasteiger partial charge in [0.2, 0.25) is 5.60 Å². The van der Waals surface area contributed by atoms with Crippen LogP contribution in [0.3, 0.4) is 0 Å². The molecule has 6 heteroatoms. The molecule has 0 aliphatic carbocycles. The summed E-state index contributed by atoms with van der Waals surface area (Å²) in [6.07, 6.45) is 2.68. The summed E-state index contributed by atoms with van der Waals surface area (Å²) in [5.74, 6) is 0.140. The summed E-state index contributed by atoms with van der Waals surface area (Å²) in [6, 6.07) is 14.3. The van der Waals surface area contributed by atoms with Crippen LogP contribution >= 0.6 is 0 Å². The quantitative estimate of drug-likeness (QED) is 0.787. The number of nitrogens with zero attached hydrogens (tertiary/aromatic N) is 2. The van der Waals surface area contributed by atoms with E-state index in [0.717, 1.165) is 31.2 Å². The predicted molar refractivity (Wildman–Crippen MR) is 116 cm³/mol. The molecular weight excluding hydrogens is 381 g/mol. The van der Waals surface area contributed by atoms with E-state index in [2.05, 4.69) is 28.4 Å². The molecule has 0 unspecified atom stereocenters. The Morgan fingerprint density at radius 3 is 2.77 bits per heavy atom. The van der Waals surface area contributed by atoms with Crippen LogP contribution in [0.25, 0.3) is 0 Å². The number of nitrogens with one attached hydrogen (secondary N) is 1. The van der Waals surface area contributed by atoms with Crippen LogP contribution < -0.4 is 5.32 Å². The number of hydrogen-bond donors (Lipinski definition) is 1. The third-order valence-electron chi connectivity index (χ3n) is 5.99. The van der Waals surface area contributed by atoms with Crippen molar-refractivity contribution in [3.8, 4) is 0 Å². The van der Waals surface area contributed by atoms with E-state index in [1.54, 1.807) is 25.1 Å². The molecule has 1 amide bonds. The van der Waals surface area contributed by atoms with Crippen molar-refractivity contribution in [3.05, 3.63) is 65.5 Å². The van der Waals surface area contributed by atoms with E-state index in [1.165, 1.54) is 24.5 Å². The highest BCUT2D eigenvalue weighted by molar-refractivity contribution is 6.08. The molecule has 0 radical (unpaired) electrons. The van der Waals surface area contributed by atoms with Crippen LogP contribution in [0.1, 0.15) is 44.2 Å². The van der Waals surface area contributed by atoms with Crippen molar-refractivity contribution < 1.29 is 14.0 Å². The van der Waals surface area contributed by atoms with Crippen molar-refractivity contribution in [2.24, 2.45) is 11.1 Å². The Labute approximate surface area is 176 Å². The average Bonchev–Trinajstić information content (AvgIpc) is 3.14. The van der Waals surface area contributed by atoms with Gasteiger partial charge >= 0.3 is 0 Å². The fourth-order valence-electron chi connectivity index (χ4n) is 3.99. The van der Waals surface area contributed by atoms with E-state index in [9.17, 15) is 9.18 Å². The van der Waals surface area contributed by atoms with Crippen molar-refractivity contribution in [3.63, 3.8) is 0 Å². The first-order valence-corrected chi connectivity index (χ1v) is 10.6. The number of halogens is 1. The van der Waals surface area contributed by atoms with Crippen LogP contribution in [0.2, 0.25) is 0 Å². The highest BCUT2D eigenvalue weighted by Gasteiger charge is 2.42. The second-order valence-electron chi connectivity index (χ2n) is 8.63. The van der Waals surface area contributed by atoms with Gasteiger partial charge in [0.25, 0.3) is 5.91 Å². The molecule has 1 atom stereocenters. The van der Waals surface area contributed by atoms with Gasteiger partial charge in [-0.15, -0.1) is 0 Å². The second kappa shape index (κ2) is 8.56. The smallest absolute Gasteiger partial charge is 0.271 e. The zero-order valence-corrected chi connectivity index (χ0v) is 17.5. The van der Waals surface area contributed by atoms with Crippen LogP contribution in [0, 0.1) is 11.7 Å². The van der Waals surface area contributed by atoms with Crippen LogP contribution in [-0.2, 0) is 16.2 Å². The highest BCUT2D eigenvalue weighted by atomic mass is 19.1. The lowest BCUT2D eigenvalue weighted by molar-refractivity contribution is -0.135. The van der Waals surface area contributed by atoms with E-state index in [0.29, 0.717) is 11.3 Å². The Balaban J connectivity index is 1.39. The third-order valence-corrected chi connectivity index (χ3v) is 5.99. The lowest BCUT2D eigenvalue weighted by Gasteiger charge is -2.30.